The van der Waals surface area contributed by atoms with Crippen LogP contribution in [0.3, 0.4) is 0 Å². The Kier molecular flexibility index (Phi) is 7.69. The first-order valence-corrected chi connectivity index (χ1v) is 9.49. The molecule has 2 N–H and O–H groups in total. The number of carbonyl (C=O) groups is 1. The molecule has 26 heavy (non-hydrogen) atoms. The molecule has 1 aliphatic heterocycles. The van der Waals surface area contributed by atoms with Crippen LogP contribution in [0.5, 0.6) is 0 Å². The Balaban J connectivity index is 1.77. The fourth-order valence-corrected chi connectivity index (χ4v) is 3.33. The second-order valence-corrected chi connectivity index (χ2v) is 7.26. The van der Waals surface area contributed by atoms with Crippen LogP contribution in [0.2, 0.25) is 5.02 Å². The van der Waals surface area contributed by atoms with Gasteiger partial charge in [-0.2, -0.15) is 0 Å². The Hall–Kier alpha value is -1.82. The van der Waals surface area contributed by atoms with E-state index in [1.165, 1.54) is 6.07 Å². The van der Waals surface area contributed by atoms with Gasteiger partial charge in [-0.15, -0.1) is 0 Å². The van der Waals surface area contributed by atoms with Gasteiger partial charge in [0.25, 0.3) is 0 Å². The number of rotatable bonds is 5. The maximum atomic E-state index is 13.8. The van der Waals surface area contributed by atoms with Gasteiger partial charge >= 0.3 is 0 Å². The van der Waals surface area contributed by atoms with Gasteiger partial charge in [0, 0.05) is 49.2 Å². The van der Waals surface area contributed by atoms with E-state index in [2.05, 4.69) is 15.6 Å². The summed E-state index contributed by atoms with van der Waals surface area (Å²) in [5.74, 6) is 0.655. The second-order valence-electron chi connectivity index (χ2n) is 6.85. The normalized spacial score (nSPS) is 16.1. The molecule has 0 spiro atoms. The molecule has 5 nitrogen and oxygen atoms in total. The standard InChI is InChI=1S/C19H28ClFN4O/c1-13(2)18(26)25-11-8-14(9-12-25)24-19(22-3)23-10-7-15-16(20)5-4-6-17(15)21/h4-6,13-14H,7-12H2,1-3H3,(H2,22,23,24). The second kappa shape index (κ2) is 9.76. The highest BCUT2D eigenvalue weighted by molar-refractivity contribution is 6.31. The van der Waals surface area contributed by atoms with Crippen molar-refractivity contribution in [3.63, 3.8) is 0 Å². The highest BCUT2D eigenvalue weighted by Crippen LogP contribution is 2.19. The quantitative estimate of drug-likeness (QED) is 0.608. The van der Waals surface area contributed by atoms with Gasteiger partial charge in [0.2, 0.25) is 5.91 Å². The Bertz CT molecular complexity index is 622. The van der Waals surface area contributed by atoms with E-state index < -0.39 is 0 Å². The van der Waals surface area contributed by atoms with Crippen molar-refractivity contribution >= 4 is 23.5 Å². The van der Waals surface area contributed by atoms with Crippen molar-refractivity contribution < 1.29 is 9.18 Å². The van der Waals surface area contributed by atoms with E-state index in [9.17, 15) is 9.18 Å². The monoisotopic (exact) mass is 382 g/mol. The minimum atomic E-state index is -0.288. The Morgan fingerprint density at radius 1 is 1.38 bits per heavy atom. The Labute approximate surface area is 160 Å². The highest BCUT2D eigenvalue weighted by Gasteiger charge is 2.24. The molecule has 1 aliphatic rings. The topological polar surface area (TPSA) is 56.7 Å². The average molecular weight is 383 g/mol. The fourth-order valence-electron chi connectivity index (χ4n) is 3.07. The molecule has 7 heteroatoms. The number of aliphatic imine (C=N–C) groups is 1. The van der Waals surface area contributed by atoms with Crippen LogP contribution in [0.1, 0.15) is 32.3 Å². The number of amides is 1. The molecule has 1 aromatic rings. The molecule has 0 saturated carbocycles. The zero-order valence-electron chi connectivity index (χ0n) is 15.7. The first-order chi connectivity index (χ1) is 12.4. The molecular weight excluding hydrogens is 355 g/mol. The zero-order chi connectivity index (χ0) is 19.1. The van der Waals surface area contributed by atoms with Crippen molar-refractivity contribution in [2.75, 3.05) is 26.7 Å². The third-order valence-electron chi connectivity index (χ3n) is 4.59. The fraction of sp³-hybridized carbons (Fsp3) is 0.579. The van der Waals surface area contributed by atoms with Crippen LogP contribution in [0, 0.1) is 11.7 Å². The first kappa shape index (κ1) is 20.5. The molecule has 1 amide bonds. The lowest BCUT2D eigenvalue weighted by Crippen LogP contribution is -2.50. The maximum absolute atomic E-state index is 13.8. The summed E-state index contributed by atoms with van der Waals surface area (Å²) >= 11 is 6.05. The van der Waals surface area contributed by atoms with Crippen LogP contribution in [0.15, 0.2) is 23.2 Å². The molecule has 0 bridgehead atoms. The molecule has 0 aliphatic carbocycles. The van der Waals surface area contributed by atoms with Gasteiger partial charge < -0.3 is 15.5 Å². The van der Waals surface area contributed by atoms with Crippen LogP contribution >= 0.6 is 11.6 Å². The van der Waals surface area contributed by atoms with E-state index in [1.54, 1.807) is 19.2 Å². The van der Waals surface area contributed by atoms with E-state index in [4.69, 9.17) is 11.6 Å². The SMILES string of the molecule is CN=C(NCCc1c(F)cccc1Cl)NC1CCN(C(=O)C(C)C)CC1. The third-order valence-corrected chi connectivity index (χ3v) is 4.95. The molecule has 1 heterocycles. The van der Waals surface area contributed by atoms with Crippen molar-refractivity contribution in [1.29, 1.82) is 0 Å². The molecule has 1 fully saturated rings. The highest BCUT2D eigenvalue weighted by atomic mass is 35.5. The van der Waals surface area contributed by atoms with E-state index in [0.29, 0.717) is 29.5 Å². The largest absolute Gasteiger partial charge is 0.356 e. The summed E-state index contributed by atoms with van der Waals surface area (Å²) in [6.07, 6.45) is 2.25. The van der Waals surface area contributed by atoms with Gasteiger partial charge in [-0.3, -0.25) is 9.79 Å². The van der Waals surface area contributed by atoms with E-state index in [0.717, 1.165) is 25.9 Å². The van der Waals surface area contributed by atoms with Gasteiger partial charge in [0.15, 0.2) is 5.96 Å². The molecular formula is C19H28ClFN4O. The van der Waals surface area contributed by atoms with Gasteiger partial charge in [-0.25, -0.2) is 4.39 Å². The van der Waals surface area contributed by atoms with Crippen molar-refractivity contribution in [2.24, 2.45) is 10.9 Å². The number of benzene rings is 1. The van der Waals surface area contributed by atoms with Crippen LogP contribution in [0.4, 0.5) is 4.39 Å². The molecule has 0 unspecified atom stereocenters. The lowest BCUT2D eigenvalue weighted by atomic mass is 10.0. The molecule has 1 aromatic carbocycles. The average Bonchev–Trinajstić information content (AvgIpc) is 2.63. The van der Waals surface area contributed by atoms with E-state index >= 15 is 0 Å². The molecule has 0 aromatic heterocycles. The summed E-state index contributed by atoms with van der Waals surface area (Å²) in [5, 5.41) is 7.03. The smallest absolute Gasteiger partial charge is 0.225 e. The molecule has 144 valence electrons. The van der Waals surface area contributed by atoms with Crippen LogP contribution in [0.25, 0.3) is 0 Å². The first-order valence-electron chi connectivity index (χ1n) is 9.11. The number of nitrogens with one attached hydrogen (secondary N) is 2. The number of carbonyl (C=O) groups excluding carboxylic acids is 1. The van der Waals surface area contributed by atoms with Crippen LogP contribution < -0.4 is 10.6 Å². The molecule has 0 atom stereocenters. The van der Waals surface area contributed by atoms with Crippen LogP contribution in [-0.4, -0.2) is 49.5 Å². The maximum Gasteiger partial charge on any atom is 0.225 e. The van der Waals surface area contributed by atoms with E-state index in [-0.39, 0.29) is 23.7 Å². The number of guanidine groups is 1. The van der Waals surface area contributed by atoms with Crippen LogP contribution in [-0.2, 0) is 11.2 Å². The van der Waals surface area contributed by atoms with Gasteiger partial charge in [0.1, 0.15) is 5.82 Å². The van der Waals surface area contributed by atoms with Crippen molar-refractivity contribution in [1.82, 2.24) is 15.5 Å². The lowest BCUT2D eigenvalue weighted by Gasteiger charge is -2.34. The summed E-state index contributed by atoms with van der Waals surface area (Å²) in [4.78, 5) is 18.2. The molecule has 0 radical (unpaired) electrons. The van der Waals surface area contributed by atoms with Crippen molar-refractivity contribution in [3.8, 4) is 0 Å². The summed E-state index contributed by atoms with van der Waals surface area (Å²) in [5.41, 5.74) is 0.512. The predicted molar refractivity (Wildman–Crippen MR) is 104 cm³/mol. The number of nitrogens with zero attached hydrogens (tertiary/aromatic N) is 2. The van der Waals surface area contributed by atoms with Crippen molar-refractivity contribution in [3.05, 3.63) is 34.6 Å². The number of piperidine rings is 1. The summed E-state index contributed by atoms with van der Waals surface area (Å²) in [6, 6.07) is 4.99. The minimum Gasteiger partial charge on any atom is -0.356 e. The van der Waals surface area contributed by atoms with E-state index in [1.807, 2.05) is 18.7 Å². The summed E-state index contributed by atoms with van der Waals surface area (Å²) in [6.45, 7) is 5.92. The third kappa shape index (κ3) is 5.59. The lowest BCUT2D eigenvalue weighted by molar-refractivity contribution is -0.135. The Morgan fingerprint density at radius 3 is 2.65 bits per heavy atom. The Morgan fingerprint density at radius 2 is 2.08 bits per heavy atom. The van der Waals surface area contributed by atoms with Gasteiger partial charge in [-0.1, -0.05) is 31.5 Å². The van der Waals surface area contributed by atoms with Crippen molar-refractivity contribution in [2.45, 2.75) is 39.2 Å². The summed E-state index contributed by atoms with van der Waals surface area (Å²) < 4.78 is 13.8. The molecule has 1 saturated heterocycles. The number of hydrogen-bond acceptors (Lipinski definition) is 2. The van der Waals surface area contributed by atoms with Gasteiger partial charge in [-0.05, 0) is 31.4 Å². The molecule has 2 rings (SSSR count). The predicted octanol–water partition coefficient (Wildman–Crippen LogP) is 2.83. The number of halogens is 2. The number of hydrogen-bond donors (Lipinski definition) is 2. The van der Waals surface area contributed by atoms with Gasteiger partial charge in [0.05, 0.1) is 0 Å². The minimum absolute atomic E-state index is 0.0409. The summed E-state index contributed by atoms with van der Waals surface area (Å²) in [7, 11) is 1.71. The zero-order valence-corrected chi connectivity index (χ0v) is 16.4. The number of likely N-dealkylation sites (tertiary alicyclic amines) is 1.